The van der Waals surface area contributed by atoms with Crippen LogP contribution in [-0.2, 0) is 20.1 Å². The molecule has 0 aliphatic heterocycles. The Morgan fingerprint density at radius 2 is 1.79 bits per heavy atom. The van der Waals surface area contributed by atoms with Crippen LogP contribution in [0.1, 0.15) is 17.5 Å². The van der Waals surface area contributed by atoms with Gasteiger partial charge >= 0.3 is 11.7 Å². The van der Waals surface area contributed by atoms with E-state index in [4.69, 9.17) is 4.74 Å². The molecule has 0 N–H and O–H groups in total. The highest BCUT2D eigenvalue weighted by Gasteiger charge is 2.22. The van der Waals surface area contributed by atoms with Crippen molar-refractivity contribution in [1.29, 1.82) is 5.26 Å². The second-order valence-corrected chi connectivity index (χ2v) is 7.35. The van der Waals surface area contributed by atoms with Crippen molar-refractivity contribution in [2.24, 2.45) is 12.2 Å². The molecule has 2 aromatic heterocycles. The Kier molecular flexibility index (Phi) is 6.13. The summed E-state index contributed by atoms with van der Waals surface area (Å²) in [6, 6.07) is 18.3. The van der Waals surface area contributed by atoms with Gasteiger partial charge in [0.05, 0.1) is 18.7 Å². The number of nitrogens with zero attached hydrogens (tertiary/aromatic N) is 6. The lowest BCUT2D eigenvalue weighted by Crippen LogP contribution is -2.39. The molecule has 0 aliphatic carbocycles. The molecule has 33 heavy (non-hydrogen) atoms. The Morgan fingerprint density at radius 3 is 2.52 bits per heavy atom. The zero-order valence-corrected chi connectivity index (χ0v) is 17.8. The molecule has 4 aromatic rings. The lowest BCUT2D eigenvalue weighted by molar-refractivity contribution is 0.420. The first-order chi connectivity index (χ1) is 16.0. The maximum Gasteiger partial charge on any atom is 0.332 e. The second kappa shape index (κ2) is 9.32. The number of nitriles is 1. The number of ether oxygens (including phenoxy) is 1. The van der Waals surface area contributed by atoms with Crippen LogP contribution in [0.5, 0.6) is 11.8 Å². The third-order valence-electron chi connectivity index (χ3n) is 5.22. The highest BCUT2D eigenvalue weighted by atomic mass is 16.5. The molecule has 0 fully saturated rings. The Morgan fingerprint density at radius 1 is 1.06 bits per heavy atom. The molecule has 0 radical (unpaired) electrons. The summed E-state index contributed by atoms with van der Waals surface area (Å²) in [5.41, 5.74) is 0.459. The van der Waals surface area contributed by atoms with E-state index in [1.807, 2.05) is 30.3 Å². The lowest BCUT2D eigenvalue weighted by Gasteiger charge is -2.11. The maximum absolute atomic E-state index is 13.4. The maximum atomic E-state index is 13.4. The van der Waals surface area contributed by atoms with Gasteiger partial charge in [0.1, 0.15) is 11.8 Å². The number of para-hydroxylation sites is 1. The van der Waals surface area contributed by atoms with E-state index in [2.05, 4.69) is 16.2 Å². The second-order valence-electron chi connectivity index (χ2n) is 7.35. The van der Waals surface area contributed by atoms with Crippen molar-refractivity contribution in [2.45, 2.75) is 19.5 Å². The van der Waals surface area contributed by atoms with Crippen molar-refractivity contribution < 1.29 is 4.74 Å². The Hall–Kier alpha value is -4.52. The largest absolute Gasteiger partial charge is 0.424 e. The van der Waals surface area contributed by atoms with Crippen molar-refractivity contribution in [3.63, 3.8) is 0 Å². The molecule has 10 nitrogen and oxygen atoms in total. The number of hydrogen-bond acceptors (Lipinski definition) is 7. The quantitative estimate of drug-likeness (QED) is 0.304. The van der Waals surface area contributed by atoms with E-state index in [-0.39, 0.29) is 49.0 Å². The highest BCUT2D eigenvalue weighted by Crippen LogP contribution is 2.27. The summed E-state index contributed by atoms with van der Waals surface area (Å²) in [5, 5.41) is 12.2. The average Bonchev–Trinajstić information content (AvgIpc) is 3.19. The number of nitroso groups, excluding NO2 is 1. The summed E-state index contributed by atoms with van der Waals surface area (Å²) in [6.07, 6.45) is 0.260. The minimum Gasteiger partial charge on any atom is -0.424 e. The number of benzene rings is 2. The van der Waals surface area contributed by atoms with E-state index >= 15 is 0 Å². The van der Waals surface area contributed by atoms with E-state index in [1.54, 1.807) is 28.8 Å². The number of aryl methyl sites for hydroxylation is 1. The van der Waals surface area contributed by atoms with Gasteiger partial charge in [-0.05, 0) is 24.1 Å². The molecule has 0 amide bonds. The standard InChI is InChI=1S/C23H20N6O4/c1-27-20-19(21(30)28(23(27)31)13-7-12-25-32)29(15-16-8-3-2-4-9-16)22(26-20)33-18-11-6-5-10-17(18)14-24/h2-6,8-11H,7,12-13,15H2,1H3. The predicted molar refractivity (Wildman–Crippen MR) is 121 cm³/mol. The number of hydrogen-bond donors (Lipinski definition) is 0. The predicted octanol–water partition coefficient (Wildman–Crippen LogP) is 2.77. The minimum atomic E-state index is -0.549. The SMILES string of the molecule is Cn1c(=O)n(CCCN=O)c(=O)c2c1nc(Oc1ccccc1C#N)n2Cc1ccccc1. The van der Waals surface area contributed by atoms with Gasteiger partial charge in [-0.2, -0.15) is 15.2 Å². The summed E-state index contributed by atoms with van der Waals surface area (Å²) in [4.78, 5) is 41.1. The molecule has 0 atom stereocenters. The van der Waals surface area contributed by atoms with Gasteiger partial charge < -0.3 is 4.74 Å². The van der Waals surface area contributed by atoms with Crippen LogP contribution >= 0.6 is 0 Å². The Labute approximate surface area is 187 Å². The van der Waals surface area contributed by atoms with E-state index in [9.17, 15) is 19.8 Å². The zero-order chi connectivity index (χ0) is 23.4. The third kappa shape index (κ3) is 4.16. The van der Waals surface area contributed by atoms with Crippen LogP contribution < -0.4 is 16.0 Å². The van der Waals surface area contributed by atoms with Crippen LogP contribution in [0.4, 0.5) is 0 Å². The van der Waals surface area contributed by atoms with Crippen LogP contribution in [0, 0.1) is 16.2 Å². The van der Waals surface area contributed by atoms with E-state index < -0.39 is 11.2 Å². The fourth-order valence-electron chi connectivity index (χ4n) is 3.58. The Balaban J connectivity index is 1.94. The van der Waals surface area contributed by atoms with Crippen LogP contribution in [-0.4, -0.2) is 25.2 Å². The fourth-order valence-corrected chi connectivity index (χ4v) is 3.58. The van der Waals surface area contributed by atoms with Crippen molar-refractivity contribution >= 4 is 11.2 Å². The summed E-state index contributed by atoms with van der Waals surface area (Å²) >= 11 is 0. The molecular formula is C23H20N6O4. The van der Waals surface area contributed by atoms with Gasteiger partial charge in [-0.3, -0.25) is 18.5 Å². The molecule has 0 unspecified atom stereocenters. The van der Waals surface area contributed by atoms with Crippen LogP contribution in [0.2, 0.25) is 0 Å². The number of fused-ring (bicyclic) bond motifs is 1. The normalized spacial score (nSPS) is 10.8. The Bertz CT molecular complexity index is 1480. The molecule has 0 spiro atoms. The summed E-state index contributed by atoms with van der Waals surface area (Å²) in [6.45, 7) is 0.304. The van der Waals surface area contributed by atoms with Crippen LogP contribution in [0.25, 0.3) is 11.2 Å². The number of aromatic nitrogens is 4. The molecule has 2 heterocycles. The van der Waals surface area contributed by atoms with Crippen LogP contribution in [0.15, 0.2) is 69.4 Å². The van der Waals surface area contributed by atoms with E-state index in [1.165, 1.54) is 11.6 Å². The van der Waals surface area contributed by atoms with Gasteiger partial charge in [0.15, 0.2) is 11.2 Å². The molecule has 4 rings (SSSR count). The van der Waals surface area contributed by atoms with Gasteiger partial charge in [-0.15, -0.1) is 0 Å². The van der Waals surface area contributed by atoms with E-state index in [0.717, 1.165) is 10.1 Å². The van der Waals surface area contributed by atoms with E-state index in [0.29, 0.717) is 5.56 Å². The zero-order valence-electron chi connectivity index (χ0n) is 17.8. The van der Waals surface area contributed by atoms with Gasteiger partial charge in [-0.25, -0.2) is 4.79 Å². The molecule has 0 bridgehead atoms. The van der Waals surface area contributed by atoms with Crippen molar-refractivity contribution in [3.05, 3.63) is 91.5 Å². The molecule has 2 aromatic carbocycles. The van der Waals surface area contributed by atoms with Crippen LogP contribution in [0.3, 0.4) is 0 Å². The van der Waals surface area contributed by atoms with Gasteiger partial charge in [-0.1, -0.05) is 47.6 Å². The first-order valence-electron chi connectivity index (χ1n) is 10.2. The topological polar surface area (TPSA) is 124 Å². The molecule has 166 valence electrons. The summed E-state index contributed by atoms with van der Waals surface area (Å²) < 4.78 is 9.93. The smallest absolute Gasteiger partial charge is 0.332 e. The van der Waals surface area contributed by atoms with Gasteiger partial charge in [0, 0.05) is 13.6 Å². The molecule has 0 saturated carbocycles. The first-order valence-corrected chi connectivity index (χ1v) is 10.2. The lowest BCUT2D eigenvalue weighted by atomic mass is 10.2. The third-order valence-corrected chi connectivity index (χ3v) is 5.22. The summed E-state index contributed by atoms with van der Waals surface area (Å²) in [5.74, 6) is 0.284. The average molecular weight is 444 g/mol. The molecule has 10 heteroatoms. The van der Waals surface area contributed by atoms with Gasteiger partial charge in [0.25, 0.3) is 5.56 Å². The summed E-state index contributed by atoms with van der Waals surface area (Å²) in [7, 11) is 1.52. The number of rotatable bonds is 8. The molecular weight excluding hydrogens is 424 g/mol. The van der Waals surface area contributed by atoms with Crippen molar-refractivity contribution in [3.8, 4) is 17.8 Å². The van der Waals surface area contributed by atoms with Gasteiger partial charge in [0.2, 0.25) is 0 Å². The minimum absolute atomic E-state index is 0.00376. The van der Waals surface area contributed by atoms with Crippen molar-refractivity contribution in [1.82, 2.24) is 18.7 Å². The molecule has 0 saturated heterocycles. The van der Waals surface area contributed by atoms with Crippen molar-refractivity contribution in [2.75, 3.05) is 6.54 Å². The fraction of sp³-hybridized carbons (Fsp3) is 0.217. The molecule has 0 aliphatic rings. The number of imidazole rings is 1. The first kappa shape index (κ1) is 21.7. The highest BCUT2D eigenvalue weighted by molar-refractivity contribution is 5.72. The monoisotopic (exact) mass is 444 g/mol.